The molecule has 4 nitrogen and oxygen atoms in total. The predicted molar refractivity (Wildman–Crippen MR) is 82.9 cm³/mol. The maximum Gasteiger partial charge on any atom is 0.333 e. The van der Waals surface area contributed by atoms with Gasteiger partial charge in [0.05, 0.1) is 4.47 Å². The zero-order chi connectivity index (χ0) is 15.3. The molecule has 0 spiro atoms. The van der Waals surface area contributed by atoms with Crippen molar-refractivity contribution in [2.45, 2.75) is 12.3 Å². The third-order valence-electron chi connectivity index (χ3n) is 2.07. The molecule has 1 aromatic rings. The fraction of sp³-hybridized carbons (Fsp3) is 0.231. The quantitative estimate of drug-likeness (QED) is 0.311. The Bertz CT molecular complexity index is 545. The Balaban J connectivity index is 2.57. The molecule has 0 aromatic heterocycles. The number of alkyl halides is 1. The number of benzene rings is 1. The average Bonchev–Trinajstić information content (AvgIpc) is 2.38. The lowest BCUT2D eigenvalue weighted by Crippen LogP contribution is -2.27. The van der Waals surface area contributed by atoms with Crippen molar-refractivity contribution in [1.82, 2.24) is 0 Å². The molecule has 0 aliphatic rings. The van der Waals surface area contributed by atoms with Crippen molar-refractivity contribution in [3.63, 3.8) is 0 Å². The molecular weight excluding hydrogens is 415 g/mol. The molecule has 0 saturated carbocycles. The second kappa shape index (κ2) is 7.81. The van der Waals surface area contributed by atoms with E-state index in [1.165, 1.54) is 6.92 Å². The average molecular weight is 426 g/mol. The molecule has 20 heavy (non-hydrogen) atoms. The summed E-state index contributed by atoms with van der Waals surface area (Å²) in [4.78, 5) is 22.9. The molecule has 1 atom stereocenters. The van der Waals surface area contributed by atoms with Crippen LogP contribution in [0.25, 0.3) is 0 Å². The van der Waals surface area contributed by atoms with Crippen molar-refractivity contribution in [2.75, 3.05) is 6.61 Å². The van der Waals surface area contributed by atoms with Gasteiger partial charge in [-0.05, 0) is 41.1 Å². The molecule has 0 fully saturated rings. The highest BCUT2D eigenvalue weighted by Crippen LogP contribution is 2.28. The normalized spacial score (nSPS) is 11.6. The summed E-state index contributed by atoms with van der Waals surface area (Å²) in [5.74, 6) is -0.979. The summed E-state index contributed by atoms with van der Waals surface area (Å²) in [6.45, 7) is 4.65. The number of hydrogen-bond donors (Lipinski definition) is 0. The summed E-state index contributed by atoms with van der Waals surface area (Å²) in [6.07, 6.45) is 0. The van der Waals surface area contributed by atoms with Gasteiger partial charge in [-0.3, -0.25) is 0 Å². The maximum atomic E-state index is 11.7. The van der Waals surface area contributed by atoms with Crippen LogP contribution in [0.15, 0.2) is 39.3 Å². The first-order valence-electron chi connectivity index (χ1n) is 5.44. The fourth-order valence-electron chi connectivity index (χ4n) is 1.07. The van der Waals surface area contributed by atoms with Crippen LogP contribution >= 0.6 is 43.5 Å². The van der Waals surface area contributed by atoms with E-state index in [0.29, 0.717) is 10.2 Å². The Labute approximate surface area is 138 Å². The number of rotatable bonds is 5. The van der Waals surface area contributed by atoms with Crippen molar-refractivity contribution in [3.8, 4) is 5.75 Å². The number of ether oxygens (including phenoxy) is 2. The first-order valence-corrected chi connectivity index (χ1v) is 7.47. The van der Waals surface area contributed by atoms with Crippen LogP contribution in [-0.2, 0) is 14.3 Å². The van der Waals surface area contributed by atoms with Crippen molar-refractivity contribution in [3.05, 3.63) is 39.3 Å². The topological polar surface area (TPSA) is 52.6 Å². The summed E-state index contributed by atoms with van der Waals surface area (Å²) in [6, 6.07) is 5.06. The summed E-state index contributed by atoms with van der Waals surface area (Å²) < 4.78 is 11.3. The van der Waals surface area contributed by atoms with Crippen LogP contribution in [0.3, 0.4) is 0 Å². The molecule has 0 amide bonds. The van der Waals surface area contributed by atoms with Gasteiger partial charge in [-0.2, -0.15) is 0 Å². The Morgan fingerprint density at radius 2 is 2.05 bits per heavy atom. The van der Waals surface area contributed by atoms with E-state index in [1.807, 2.05) is 0 Å². The third kappa shape index (κ3) is 5.26. The standard InChI is InChI=1S/C13H11Br2ClO4/c1-7(2)12(17)19-6-10(16)13(18)20-11-4-3-8(14)5-9(11)15/h3-5,10H,1,6H2,2H3. The molecule has 0 aliphatic carbocycles. The predicted octanol–water partition coefficient (Wildman–Crippen LogP) is 3.84. The van der Waals surface area contributed by atoms with E-state index < -0.39 is 17.3 Å². The lowest BCUT2D eigenvalue weighted by Gasteiger charge is -2.11. The Hall–Kier alpha value is -0.850. The molecule has 0 aliphatic heterocycles. The van der Waals surface area contributed by atoms with Gasteiger partial charge in [-0.15, -0.1) is 11.6 Å². The van der Waals surface area contributed by atoms with Gasteiger partial charge in [-0.25, -0.2) is 9.59 Å². The minimum Gasteiger partial charge on any atom is -0.460 e. The molecule has 0 saturated heterocycles. The van der Waals surface area contributed by atoms with Crippen molar-refractivity contribution >= 4 is 55.4 Å². The van der Waals surface area contributed by atoms with Gasteiger partial charge in [-0.1, -0.05) is 22.5 Å². The first kappa shape index (κ1) is 17.2. The van der Waals surface area contributed by atoms with Gasteiger partial charge < -0.3 is 9.47 Å². The van der Waals surface area contributed by atoms with Crippen LogP contribution in [0.4, 0.5) is 0 Å². The summed E-state index contributed by atoms with van der Waals surface area (Å²) in [7, 11) is 0. The van der Waals surface area contributed by atoms with E-state index in [9.17, 15) is 9.59 Å². The van der Waals surface area contributed by atoms with Gasteiger partial charge in [0.2, 0.25) is 0 Å². The molecule has 1 aromatic carbocycles. The molecule has 7 heteroatoms. The Morgan fingerprint density at radius 1 is 1.40 bits per heavy atom. The van der Waals surface area contributed by atoms with Crippen molar-refractivity contribution in [1.29, 1.82) is 0 Å². The monoisotopic (exact) mass is 424 g/mol. The molecule has 0 N–H and O–H groups in total. The van der Waals surface area contributed by atoms with E-state index in [4.69, 9.17) is 21.1 Å². The van der Waals surface area contributed by atoms with E-state index in [1.54, 1.807) is 18.2 Å². The Morgan fingerprint density at radius 3 is 2.60 bits per heavy atom. The van der Waals surface area contributed by atoms with Gasteiger partial charge in [0, 0.05) is 10.0 Å². The summed E-state index contributed by atoms with van der Waals surface area (Å²) in [5.41, 5.74) is 0.234. The van der Waals surface area contributed by atoms with E-state index >= 15 is 0 Å². The van der Waals surface area contributed by atoms with E-state index in [0.717, 1.165) is 4.47 Å². The highest BCUT2D eigenvalue weighted by atomic mass is 79.9. The number of carbonyl (C=O) groups excluding carboxylic acids is 2. The fourth-order valence-corrected chi connectivity index (χ4v) is 2.31. The van der Waals surface area contributed by atoms with Crippen LogP contribution in [0.5, 0.6) is 5.75 Å². The first-order chi connectivity index (χ1) is 9.31. The largest absolute Gasteiger partial charge is 0.460 e. The van der Waals surface area contributed by atoms with Crippen LogP contribution in [0.1, 0.15) is 6.92 Å². The van der Waals surface area contributed by atoms with Crippen LogP contribution in [0.2, 0.25) is 0 Å². The highest BCUT2D eigenvalue weighted by Gasteiger charge is 2.21. The molecule has 0 heterocycles. The van der Waals surface area contributed by atoms with Gasteiger partial charge in [0.25, 0.3) is 0 Å². The lowest BCUT2D eigenvalue weighted by molar-refractivity contribution is -0.141. The molecule has 0 radical (unpaired) electrons. The Kier molecular flexibility index (Phi) is 6.71. The second-order valence-corrected chi connectivity index (χ2v) is 6.14. The zero-order valence-corrected chi connectivity index (χ0v) is 14.4. The number of carbonyl (C=O) groups is 2. The van der Waals surface area contributed by atoms with Gasteiger partial charge in [0.1, 0.15) is 12.4 Å². The minimum atomic E-state index is -1.09. The molecule has 1 rings (SSSR count). The van der Waals surface area contributed by atoms with Gasteiger partial charge in [0.15, 0.2) is 5.38 Å². The van der Waals surface area contributed by atoms with Crippen LogP contribution in [-0.4, -0.2) is 23.9 Å². The van der Waals surface area contributed by atoms with Crippen molar-refractivity contribution in [2.24, 2.45) is 0 Å². The zero-order valence-electron chi connectivity index (χ0n) is 10.5. The van der Waals surface area contributed by atoms with Crippen molar-refractivity contribution < 1.29 is 19.1 Å². The summed E-state index contributed by atoms with van der Waals surface area (Å²) >= 11 is 12.3. The van der Waals surface area contributed by atoms with E-state index in [2.05, 4.69) is 38.4 Å². The second-order valence-electron chi connectivity index (χ2n) is 3.84. The number of esters is 2. The third-order valence-corrected chi connectivity index (χ3v) is 3.49. The number of hydrogen-bond acceptors (Lipinski definition) is 4. The molecule has 1 unspecified atom stereocenters. The lowest BCUT2D eigenvalue weighted by atomic mass is 10.3. The molecule has 108 valence electrons. The highest BCUT2D eigenvalue weighted by molar-refractivity contribution is 9.11. The smallest absolute Gasteiger partial charge is 0.333 e. The molecule has 0 bridgehead atoms. The SMILES string of the molecule is C=C(C)C(=O)OCC(Cl)C(=O)Oc1ccc(Br)cc1Br. The van der Waals surface area contributed by atoms with Gasteiger partial charge >= 0.3 is 11.9 Å². The maximum absolute atomic E-state index is 11.7. The molecular formula is C13H11Br2ClO4. The van der Waals surface area contributed by atoms with Crippen LogP contribution in [0, 0.1) is 0 Å². The summed E-state index contributed by atoms with van der Waals surface area (Å²) in [5, 5.41) is -1.09. The van der Waals surface area contributed by atoms with Crippen LogP contribution < -0.4 is 4.74 Å². The number of halogens is 3. The van der Waals surface area contributed by atoms with E-state index in [-0.39, 0.29) is 12.2 Å². The minimum absolute atomic E-state index is 0.234.